The minimum absolute atomic E-state index is 0.0650. The lowest BCUT2D eigenvalue weighted by molar-refractivity contribution is -0.123. The molecule has 84 valence electrons. The number of hydrogen-bond acceptors (Lipinski definition) is 3. The van der Waals surface area contributed by atoms with E-state index < -0.39 is 0 Å². The second-order valence-corrected chi connectivity index (χ2v) is 3.74. The van der Waals surface area contributed by atoms with Crippen molar-refractivity contribution in [2.24, 2.45) is 0 Å². The van der Waals surface area contributed by atoms with Gasteiger partial charge in [-0.15, -0.1) is 0 Å². The van der Waals surface area contributed by atoms with Crippen molar-refractivity contribution in [2.45, 2.75) is 32.7 Å². The normalized spacial score (nSPS) is 12.5. The Morgan fingerprint density at radius 2 is 2.40 bits per heavy atom. The Morgan fingerprint density at radius 1 is 1.73 bits per heavy atom. The first-order chi connectivity index (χ1) is 7.11. The van der Waals surface area contributed by atoms with Gasteiger partial charge in [0.25, 0.3) is 0 Å². The van der Waals surface area contributed by atoms with Crippen molar-refractivity contribution >= 4 is 18.1 Å². The summed E-state index contributed by atoms with van der Waals surface area (Å²) in [5.74, 6) is 0.767. The van der Waals surface area contributed by atoms with Gasteiger partial charge in [0.05, 0.1) is 0 Å². The predicted molar refractivity (Wildman–Crippen MR) is 60.2 cm³/mol. The molecule has 1 atom stereocenters. The maximum absolute atomic E-state index is 11.5. The zero-order chi connectivity index (χ0) is 11.4. The predicted octanol–water partition coefficient (Wildman–Crippen LogP) is 1.20. The molecule has 1 rings (SSSR count). The molecule has 0 aromatic carbocycles. The van der Waals surface area contributed by atoms with E-state index in [0.717, 1.165) is 18.7 Å². The van der Waals surface area contributed by atoms with E-state index in [-0.39, 0.29) is 11.9 Å². The molecular weight excluding hydrogens is 212 g/mol. The van der Waals surface area contributed by atoms with Crippen LogP contribution in [0.15, 0.2) is 0 Å². The first-order valence-electron chi connectivity index (χ1n) is 4.99. The molecule has 0 saturated heterocycles. The number of rotatable bonds is 4. The molecule has 5 nitrogen and oxygen atoms in total. The third kappa shape index (κ3) is 2.44. The van der Waals surface area contributed by atoms with E-state index in [1.54, 1.807) is 11.6 Å². The van der Waals surface area contributed by atoms with Gasteiger partial charge in [0.15, 0.2) is 4.77 Å². The largest absolute Gasteiger partial charge is 0.357 e. The van der Waals surface area contributed by atoms with E-state index in [2.05, 4.69) is 22.4 Å². The molecule has 0 aliphatic rings. The van der Waals surface area contributed by atoms with Gasteiger partial charge in [0.2, 0.25) is 5.91 Å². The highest BCUT2D eigenvalue weighted by Gasteiger charge is 2.17. The summed E-state index contributed by atoms with van der Waals surface area (Å²) in [6.07, 6.45) is 1.79. The SMILES string of the molecule is CCCc1n[nH]c(=S)n1C(C)C(=O)NC. The van der Waals surface area contributed by atoms with Gasteiger partial charge in [0, 0.05) is 13.5 Å². The fraction of sp³-hybridized carbons (Fsp3) is 0.667. The number of H-pyrrole nitrogens is 1. The molecule has 0 radical (unpaired) electrons. The minimum atomic E-state index is -0.317. The monoisotopic (exact) mass is 228 g/mol. The fourth-order valence-corrected chi connectivity index (χ4v) is 1.77. The average Bonchev–Trinajstić information content (AvgIpc) is 2.58. The molecule has 1 aromatic heterocycles. The summed E-state index contributed by atoms with van der Waals surface area (Å²) < 4.78 is 2.26. The van der Waals surface area contributed by atoms with Crippen LogP contribution in [0.4, 0.5) is 0 Å². The molecule has 0 spiro atoms. The number of carbonyl (C=O) groups excluding carboxylic acids is 1. The lowest BCUT2D eigenvalue weighted by Gasteiger charge is -2.13. The van der Waals surface area contributed by atoms with E-state index in [4.69, 9.17) is 12.2 Å². The second kappa shape index (κ2) is 5.06. The number of hydrogen-bond donors (Lipinski definition) is 2. The molecule has 1 aromatic rings. The number of aromatic nitrogens is 3. The number of aryl methyl sites for hydroxylation is 1. The van der Waals surface area contributed by atoms with E-state index in [9.17, 15) is 4.79 Å². The lowest BCUT2D eigenvalue weighted by atomic mass is 10.2. The van der Waals surface area contributed by atoms with Crippen LogP contribution < -0.4 is 5.32 Å². The van der Waals surface area contributed by atoms with Gasteiger partial charge in [-0.2, -0.15) is 5.10 Å². The van der Waals surface area contributed by atoms with Crippen LogP contribution in [0.3, 0.4) is 0 Å². The summed E-state index contributed by atoms with van der Waals surface area (Å²) in [5, 5.41) is 9.43. The topological polar surface area (TPSA) is 62.7 Å². The molecular formula is C9H16N4OS. The van der Waals surface area contributed by atoms with Crippen LogP contribution in [0.2, 0.25) is 0 Å². The minimum Gasteiger partial charge on any atom is -0.357 e. The van der Waals surface area contributed by atoms with Gasteiger partial charge >= 0.3 is 0 Å². The van der Waals surface area contributed by atoms with Crippen molar-refractivity contribution in [1.29, 1.82) is 0 Å². The molecule has 2 N–H and O–H groups in total. The molecule has 1 unspecified atom stereocenters. The third-order valence-electron chi connectivity index (χ3n) is 2.26. The van der Waals surface area contributed by atoms with Crippen LogP contribution in [-0.2, 0) is 11.2 Å². The van der Waals surface area contributed by atoms with Gasteiger partial charge in [-0.1, -0.05) is 6.92 Å². The fourth-order valence-electron chi connectivity index (χ4n) is 1.46. The highest BCUT2D eigenvalue weighted by Crippen LogP contribution is 2.11. The molecule has 0 bridgehead atoms. The molecule has 1 amide bonds. The Balaban J connectivity index is 3.05. The van der Waals surface area contributed by atoms with E-state index in [1.165, 1.54) is 0 Å². The van der Waals surface area contributed by atoms with Crippen LogP contribution in [-0.4, -0.2) is 27.7 Å². The van der Waals surface area contributed by atoms with E-state index in [0.29, 0.717) is 4.77 Å². The van der Waals surface area contributed by atoms with Gasteiger partial charge in [0.1, 0.15) is 11.9 Å². The quantitative estimate of drug-likeness (QED) is 0.761. The molecule has 0 aliphatic heterocycles. The summed E-state index contributed by atoms with van der Waals surface area (Å²) in [5.41, 5.74) is 0. The Morgan fingerprint density at radius 3 is 2.93 bits per heavy atom. The number of aromatic amines is 1. The van der Waals surface area contributed by atoms with E-state index in [1.807, 2.05) is 6.92 Å². The average molecular weight is 228 g/mol. The standard InChI is InChI=1S/C9H16N4OS/c1-4-5-7-11-12-9(15)13(7)6(2)8(14)10-3/h6H,4-5H2,1-3H3,(H,10,14)(H,12,15). The number of nitrogens with zero attached hydrogens (tertiary/aromatic N) is 2. The first kappa shape index (κ1) is 11.9. The van der Waals surface area contributed by atoms with Crippen LogP contribution in [0.25, 0.3) is 0 Å². The van der Waals surface area contributed by atoms with E-state index >= 15 is 0 Å². The van der Waals surface area contributed by atoms with Gasteiger partial charge in [-0.25, -0.2) is 0 Å². The maximum atomic E-state index is 11.5. The van der Waals surface area contributed by atoms with Gasteiger partial charge < -0.3 is 5.32 Å². The summed E-state index contributed by atoms with van der Waals surface area (Å²) >= 11 is 5.10. The molecule has 1 heterocycles. The molecule has 15 heavy (non-hydrogen) atoms. The molecule has 0 aliphatic carbocycles. The molecule has 6 heteroatoms. The van der Waals surface area contributed by atoms with Crippen molar-refractivity contribution in [3.05, 3.63) is 10.6 Å². The van der Waals surface area contributed by atoms with Crippen molar-refractivity contribution < 1.29 is 4.79 Å². The van der Waals surface area contributed by atoms with Gasteiger partial charge in [-0.3, -0.25) is 14.5 Å². The van der Waals surface area contributed by atoms with Crippen LogP contribution >= 0.6 is 12.2 Å². The number of nitrogens with one attached hydrogen (secondary N) is 2. The molecule has 0 saturated carbocycles. The summed E-state index contributed by atoms with van der Waals surface area (Å²) in [4.78, 5) is 11.5. The van der Waals surface area contributed by atoms with Crippen molar-refractivity contribution in [1.82, 2.24) is 20.1 Å². The Bertz CT molecular complexity index is 395. The van der Waals surface area contributed by atoms with Crippen molar-refractivity contribution in [3.63, 3.8) is 0 Å². The Hall–Kier alpha value is -1.17. The number of likely N-dealkylation sites (N-methyl/N-ethyl adjacent to an activating group) is 1. The van der Waals surface area contributed by atoms with Gasteiger partial charge in [-0.05, 0) is 25.6 Å². The summed E-state index contributed by atoms with van der Waals surface area (Å²) in [7, 11) is 1.61. The van der Waals surface area contributed by atoms with Crippen molar-refractivity contribution in [3.8, 4) is 0 Å². The first-order valence-corrected chi connectivity index (χ1v) is 5.40. The summed E-state index contributed by atoms with van der Waals surface area (Å²) in [6, 6.07) is -0.317. The number of amides is 1. The zero-order valence-electron chi connectivity index (χ0n) is 9.20. The smallest absolute Gasteiger partial charge is 0.242 e. The maximum Gasteiger partial charge on any atom is 0.242 e. The van der Waals surface area contributed by atoms with Crippen molar-refractivity contribution in [2.75, 3.05) is 7.05 Å². The highest BCUT2D eigenvalue weighted by atomic mass is 32.1. The number of carbonyl (C=O) groups is 1. The Kier molecular flexibility index (Phi) is 4.02. The second-order valence-electron chi connectivity index (χ2n) is 3.36. The molecule has 0 fully saturated rings. The van der Waals surface area contributed by atoms with Crippen LogP contribution in [0.1, 0.15) is 32.1 Å². The third-order valence-corrected chi connectivity index (χ3v) is 2.55. The highest BCUT2D eigenvalue weighted by molar-refractivity contribution is 7.71. The Labute approximate surface area is 93.9 Å². The summed E-state index contributed by atoms with van der Waals surface area (Å²) in [6.45, 7) is 3.87. The zero-order valence-corrected chi connectivity index (χ0v) is 10.0. The van der Waals surface area contributed by atoms with Crippen LogP contribution in [0.5, 0.6) is 0 Å². The lowest BCUT2D eigenvalue weighted by Crippen LogP contribution is -2.28. The van der Waals surface area contributed by atoms with Crippen LogP contribution in [0, 0.1) is 4.77 Å².